The van der Waals surface area contributed by atoms with Gasteiger partial charge in [-0.3, -0.25) is 23.4 Å². The quantitative estimate of drug-likeness (QED) is 0.114. The molecule has 2 fully saturated rings. The Kier molecular flexibility index (Phi) is 11.0. The summed E-state index contributed by atoms with van der Waals surface area (Å²) in [5, 5.41) is 25.1. The number of aromatic nitrogens is 7. The molecular formula is C49H55FN9O6P. The minimum atomic E-state index is -0.855. The second-order valence-electron chi connectivity index (χ2n) is 18.1. The highest BCUT2D eigenvalue weighted by molar-refractivity contribution is 7.66. The molecule has 15 nitrogen and oxygen atoms in total. The SMILES string of the molecule is CCP(c1ccc(-n2ccn(-c3c4c(nn3-c3cc(C)c(F)c(C)c3)CCN(C(=O)c3cc5cc(C6CCOCC6)ccc5n3[C@@]3(c5noc(=O)[nH]5)C[C@@H]3C)[C@H]4C)c2=O)cc1NC)C(C)O. The molecule has 1 amide bonds. The van der Waals surface area contributed by atoms with E-state index in [4.69, 9.17) is 14.4 Å². The van der Waals surface area contributed by atoms with Crippen LogP contribution in [0.25, 0.3) is 28.1 Å². The van der Waals surface area contributed by atoms with E-state index in [0.29, 0.717) is 83.9 Å². The third kappa shape index (κ3) is 6.98. The number of H-pyrrole nitrogens is 1. The molecular weight excluding hydrogens is 861 g/mol. The highest BCUT2D eigenvalue weighted by Gasteiger charge is 2.59. The van der Waals surface area contributed by atoms with Gasteiger partial charge in [-0.05, 0) is 132 Å². The number of benzene rings is 3. The van der Waals surface area contributed by atoms with Gasteiger partial charge in [0.2, 0.25) is 0 Å². The van der Waals surface area contributed by atoms with Crippen molar-refractivity contribution in [3.05, 3.63) is 133 Å². The molecule has 7 aromatic rings. The number of carbonyl (C=O) groups excluding carboxylic acids is 1. The molecule has 4 aromatic heterocycles. The van der Waals surface area contributed by atoms with Gasteiger partial charge in [-0.15, -0.1) is 0 Å². The Morgan fingerprint density at radius 3 is 2.41 bits per heavy atom. The number of aromatic amines is 1. The Bertz CT molecular complexity index is 3130. The van der Waals surface area contributed by atoms with Gasteiger partial charge in [-0.2, -0.15) is 5.10 Å². The van der Waals surface area contributed by atoms with E-state index >= 15 is 9.18 Å². The van der Waals surface area contributed by atoms with Crippen molar-refractivity contribution in [2.75, 3.05) is 38.3 Å². The summed E-state index contributed by atoms with van der Waals surface area (Å²) in [4.78, 5) is 47.5. The smallest absolute Gasteiger partial charge is 0.389 e. The number of rotatable bonds is 11. The molecule has 6 heterocycles. The maximum absolute atomic E-state index is 15.5. The zero-order valence-corrected chi connectivity index (χ0v) is 39.2. The van der Waals surface area contributed by atoms with Crippen molar-refractivity contribution < 1.29 is 23.6 Å². The Hall–Kier alpha value is -6.09. The van der Waals surface area contributed by atoms with Gasteiger partial charge < -0.3 is 24.6 Å². The number of ether oxygens (including phenoxy) is 1. The monoisotopic (exact) mass is 915 g/mol. The van der Waals surface area contributed by atoms with Crippen molar-refractivity contribution in [2.45, 2.75) is 90.6 Å². The highest BCUT2D eigenvalue weighted by Crippen LogP contribution is 2.56. The Morgan fingerprint density at radius 1 is 1.03 bits per heavy atom. The van der Waals surface area contributed by atoms with Gasteiger partial charge in [0.25, 0.3) is 5.91 Å². The number of amides is 1. The van der Waals surface area contributed by atoms with E-state index in [2.05, 4.69) is 47.5 Å². The zero-order chi connectivity index (χ0) is 46.3. The van der Waals surface area contributed by atoms with Crippen LogP contribution >= 0.6 is 7.92 Å². The average molecular weight is 916 g/mol. The van der Waals surface area contributed by atoms with Gasteiger partial charge in [0.1, 0.15) is 22.9 Å². The van der Waals surface area contributed by atoms with Crippen LogP contribution in [0.3, 0.4) is 0 Å². The Labute approximate surface area is 381 Å². The summed E-state index contributed by atoms with van der Waals surface area (Å²) in [5.41, 5.74) is 5.65. The third-order valence-electron chi connectivity index (χ3n) is 14.3. The van der Waals surface area contributed by atoms with Crippen LogP contribution < -0.4 is 22.1 Å². The van der Waals surface area contributed by atoms with E-state index in [1.165, 1.54) is 5.56 Å². The number of imidazole rings is 1. The number of hydrogen-bond donors (Lipinski definition) is 3. The summed E-state index contributed by atoms with van der Waals surface area (Å²) in [6.45, 7) is 13.1. The van der Waals surface area contributed by atoms with E-state index < -0.39 is 31.1 Å². The molecule has 344 valence electrons. The van der Waals surface area contributed by atoms with Crippen LogP contribution in [-0.4, -0.2) is 88.3 Å². The summed E-state index contributed by atoms with van der Waals surface area (Å²) < 4.78 is 32.8. The van der Waals surface area contributed by atoms with Gasteiger partial charge in [-0.1, -0.05) is 31.1 Å². The fraction of sp³-hybridized carbons (Fsp3) is 0.408. The summed E-state index contributed by atoms with van der Waals surface area (Å²) >= 11 is 0. The Balaban J connectivity index is 1.11. The predicted octanol–water partition coefficient (Wildman–Crippen LogP) is 7.14. The third-order valence-corrected chi connectivity index (χ3v) is 16.9. The van der Waals surface area contributed by atoms with Crippen molar-refractivity contribution in [1.82, 2.24) is 38.5 Å². The van der Waals surface area contributed by atoms with Gasteiger partial charge in [0.15, 0.2) is 5.82 Å². The van der Waals surface area contributed by atoms with E-state index in [1.807, 2.05) is 54.6 Å². The number of nitrogens with one attached hydrogen (secondary N) is 2. The molecule has 1 saturated heterocycles. The van der Waals surface area contributed by atoms with Gasteiger partial charge in [-0.25, -0.2) is 18.7 Å². The van der Waals surface area contributed by atoms with Crippen molar-refractivity contribution in [1.29, 1.82) is 0 Å². The molecule has 3 N–H and O–H groups in total. The lowest BCUT2D eigenvalue weighted by Gasteiger charge is -2.34. The van der Waals surface area contributed by atoms with Gasteiger partial charge >= 0.3 is 11.4 Å². The molecule has 5 atom stereocenters. The molecule has 0 spiro atoms. The lowest BCUT2D eigenvalue weighted by molar-refractivity contribution is 0.0663. The van der Waals surface area contributed by atoms with Crippen LogP contribution in [-0.2, 0) is 16.7 Å². The molecule has 1 aliphatic carbocycles. The molecule has 1 saturated carbocycles. The lowest BCUT2D eigenvalue weighted by Crippen LogP contribution is -2.41. The first-order chi connectivity index (χ1) is 31.7. The van der Waals surface area contributed by atoms with Crippen LogP contribution in [0.5, 0.6) is 0 Å². The summed E-state index contributed by atoms with van der Waals surface area (Å²) in [6, 6.07) is 17.0. The number of anilines is 1. The highest BCUT2D eigenvalue weighted by atomic mass is 31.1. The fourth-order valence-electron chi connectivity index (χ4n) is 10.7. The summed E-state index contributed by atoms with van der Waals surface area (Å²) in [5.74, 6) is -0.509. The minimum Gasteiger partial charge on any atom is -0.389 e. The van der Waals surface area contributed by atoms with Gasteiger partial charge in [0.05, 0.1) is 29.0 Å². The number of halogens is 1. The second kappa shape index (κ2) is 16.7. The first kappa shape index (κ1) is 43.8. The maximum Gasteiger partial charge on any atom is 0.438 e. The van der Waals surface area contributed by atoms with E-state index in [-0.39, 0.29) is 23.3 Å². The number of nitrogens with zero attached hydrogens (tertiary/aromatic N) is 7. The molecule has 2 aliphatic heterocycles. The van der Waals surface area contributed by atoms with Crippen molar-refractivity contribution in [2.24, 2.45) is 5.92 Å². The second-order valence-corrected chi connectivity index (χ2v) is 20.9. The molecule has 3 aliphatic rings. The van der Waals surface area contributed by atoms with E-state index in [0.717, 1.165) is 46.6 Å². The van der Waals surface area contributed by atoms with Crippen LogP contribution in [0.2, 0.25) is 0 Å². The standard InChI is InChI=1S/C49H55FN9O6P/c1-8-66(31(6)60)41-12-10-35(25-38(41)51-7)56-17-18-57(48(56)63)44-42-30(5)55(16-13-37(42)53-59(44)36-21-27(2)43(50)28(3)22-36)45(61)40-24-34-23-33(32-14-19-64-20-15-32)9-11-39(34)58(40)49(26-29(49)4)46-52-47(62)65-54-46/h9-12,17-18,21-25,29-32,51,60H,8,13-16,19-20,26H2,1-7H3,(H,52,54,62)/t29-,30-,31?,49-,66?/m0/s1. The number of fused-ring (bicyclic) bond motifs is 2. The van der Waals surface area contributed by atoms with E-state index in [9.17, 15) is 14.7 Å². The predicted molar refractivity (Wildman–Crippen MR) is 252 cm³/mol. The first-order valence-electron chi connectivity index (χ1n) is 22.8. The van der Waals surface area contributed by atoms with Crippen LogP contribution in [0.1, 0.15) is 103 Å². The summed E-state index contributed by atoms with van der Waals surface area (Å²) in [6.07, 6.45) is 7.08. The largest absolute Gasteiger partial charge is 0.438 e. The van der Waals surface area contributed by atoms with Gasteiger partial charge in [0, 0.05) is 73.1 Å². The first-order valence-corrected chi connectivity index (χ1v) is 24.4. The summed E-state index contributed by atoms with van der Waals surface area (Å²) in [7, 11) is 0.977. The molecule has 0 radical (unpaired) electrons. The Morgan fingerprint density at radius 2 is 1.76 bits per heavy atom. The number of aliphatic hydroxyl groups is 1. The van der Waals surface area contributed by atoms with Crippen LogP contribution in [0.4, 0.5) is 10.1 Å². The zero-order valence-electron chi connectivity index (χ0n) is 38.3. The fourth-order valence-corrected chi connectivity index (χ4v) is 12.7. The van der Waals surface area contributed by atoms with Crippen LogP contribution in [0.15, 0.2) is 81.1 Å². The average Bonchev–Trinajstić information content (AvgIpc) is 3.81. The van der Waals surface area contributed by atoms with Crippen molar-refractivity contribution >= 4 is 35.7 Å². The normalized spacial score (nSPS) is 20.7. The molecule has 17 heteroatoms. The lowest BCUT2D eigenvalue weighted by atomic mass is 9.91. The minimum absolute atomic E-state index is 0.0250. The molecule has 3 aromatic carbocycles. The molecule has 10 rings (SSSR count). The number of hydrogen-bond acceptors (Lipinski definition) is 9. The van der Waals surface area contributed by atoms with Crippen molar-refractivity contribution in [3.63, 3.8) is 0 Å². The molecule has 0 bridgehead atoms. The van der Waals surface area contributed by atoms with E-state index in [1.54, 1.807) is 52.2 Å². The molecule has 2 unspecified atom stereocenters. The topological polar surface area (TPSA) is 170 Å². The van der Waals surface area contributed by atoms with Crippen LogP contribution in [0, 0.1) is 25.6 Å². The number of aryl methyl sites for hydroxylation is 2. The maximum atomic E-state index is 15.5. The molecule has 66 heavy (non-hydrogen) atoms. The number of aliphatic hydroxyl groups excluding tert-OH is 1. The number of carbonyl (C=O) groups is 1. The van der Waals surface area contributed by atoms with Crippen molar-refractivity contribution in [3.8, 4) is 17.2 Å².